The molecule has 0 spiro atoms. The molecule has 3 aromatic carbocycles. The molecular weight excluding hydrogens is 518 g/mol. The first-order valence-electron chi connectivity index (χ1n) is 13.2. The highest BCUT2D eigenvalue weighted by atomic mass is 35.5. The lowest BCUT2D eigenvalue weighted by Gasteiger charge is -2.37. The molecule has 5 rings (SSSR count). The van der Waals surface area contributed by atoms with Gasteiger partial charge in [-0.3, -0.25) is 4.79 Å². The molecule has 3 aromatic rings. The Morgan fingerprint density at radius 3 is 2.41 bits per heavy atom. The Kier molecular flexibility index (Phi) is 8.38. The van der Waals surface area contributed by atoms with Crippen LogP contribution in [0, 0.1) is 0 Å². The third-order valence-corrected chi connectivity index (χ3v) is 7.73. The molecule has 0 aromatic heterocycles. The number of halogens is 1. The number of carboxylic acid groups (broad SMARTS) is 1. The standard InChI is InChI=1S/C31H32ClNO6/c1-37-27-16-13-22-18-33(30(34)28(21-7-3-2-4-8-21)39-24-9-5-6-10-24)26(31(35)36)17-25(22)29(27)38-19-20-11-14-23(32)15-12-20/h2-4,7-8,11-16,24,26,28H,5-6,9-10,17-19H2,1H3,(H,35,36)/t26-,28-/m0/s1. The van der Waals surface area contributed by atoms with Crippen molar-refractivity contribution in [3.8, 4) is 11.5 Å². The summed E-state index contributed by atoms with van der Waals surface area (Å²) in [5, 5.41) is 10.9. The molecule has 1 heterocycles. The zero-order valence-corrected chi connectivity index (χ0v) is 22.6. The van der Waals surface area contributed by atoms with E-state index in [-0.39, 0.29) is 31.6 Å². The Morgan fingerprint density at radius 2 is 1.74 bits per heavy atom. The van der Waals surface area contributed by atoms with Crippen LogP contribution in [-0.2, 0) is 33.9 Å². The van der Waals surface area contributed by atoms with Crippen LogP contribution in [0.25, 0.3) is 0 Å². The zero-order valence-electron chi connectivity index (χ0n) is 21.8. The van der Waals surface area contributed by atoms with Crippen LogP contribution in [0.4, 0.5) is 0 Å². The largest absolute Gasteiger partial charge is 0.493 e. The van der Waals surface area contributed by atoms with Crippen LogP contribution in [-0.4, -0.2) is 41.1 Å². The number of rotatable bonds is 9. The maximum absolute atomic E-state index is 14.0. The molecule has 204 valence electrons. The van der Waals surface area contributed by atoms with Crippen LogP contribution >= 0.6 is 11.6 Å². The molecule has 2 aliphatic rings. The lowest BCUT2D eigenvalue weighted by atomic mass is 9.91. The van der Waals surface area contributed by atoms with E-state index in [4.69, 9.17) is 25.8 Å². The maximum atomic E-state index is 14.0. The number of carboxylic acids is 1. The molecule has 0 saturated heterocycles. The van der Waals surface area contributed by atoms with E-state index in [0.717, 1.165) is 47.9 Å². The number of amides is 1. The van der Waals surface area contributed by atoms with E-state index in [2.05, 4.69) is 0 Å². The first kappa shape index (κ1) is 27.0. The third kappa shape index (κ3) is 6.05. The Morgan fingerprint density at radius 1 is 1.03 bits per heavy atom. The van der Waals surface area contributed by atoms with E-state index in [1.54, 1.807) is 25.3 Å². The first-order valence-corrected chi connectivity index (χ1v) is 13.6. The van der Waals surface area contributed by atoms with Crippen molar-refractivity contribution in [3.63, 3.8) is 0 Å². The van der Waals surface area contributed by atoms with Crippen molar-refractivity contribution in [1.29, 1.82) is 0 Å². The molecule has 0 radical (unpaired) electrons. The van der Waals surface area contributed by atoms with Gasteiger partial charge in [-0.15, -0.1) is 0 Å². The van der Waals surface area contributed by atoms with Crippen molar-refractivity contribution < 1.29 is 28.9 Å². The summed E-state index contributed by atoms with van der Waals surface area (Å²) in [5.41, 5.74) is 3.19. The fourth-order valence-corrected chi connectivity index (χ4v) is 5.52. The second-order valence-electron chi connectivity index (χ2n) is 10.0. The maximum Gasteiger partial charge on any atom is 0.326 e. The summed E-state index contributed by atoms with van der Waals surface area (Å²) < 4.78 is 18.1. The molecule has 7 nitrogen and oxygen atoms in total. The summed E-state index contributed by atoms with van der Waals surface area (Å²) in [6, 6.07) is 19.3. The fourth-order valence-electron chi connectivity index (χ4n) is 5.40. The summed E-state index contributed by atoms with van der Waals surface area (Å²) in [7, 11) is 1.55. The van der Waals surface area contributed by atoms with Gasteiger partial charge in [-0.2, -0.15) is 0 Å². The fraction of sp³-hybridized carbons (Fsp3) is 0.355. The van der Waals surface area contributed by atoms with E-state index in [1.165, 1.54) is 4.90 Å². The van der Waals surface area contributed by atoms with Gasteiger partial charge in [0.15, 0.2) is 17.6 Å². The van der Waals surface area contributed by atoms with E-state index in [9.17, 15) is 14.7 Å². The summed E-state index contributed by atoms with van der Waals surface area (Å²) in [6.45, 7) is 0.388. The average Bonchev–Trinajstić information content (AvgIpc) is 3.48. The van der Waals surface area contributed by atoms with Crippen molar-refractivity contribution in [2.75, 3.05) is 7.11 Å². The molecule has 1 saturated carbocycles. The van der Waals surface area contributed by atoms with Crippen LogP contribution in [0.2, 0.25) is 5.02 Å². The van der Waals surface area contributed by atoms with Crippen molar-refractivity contribution in [2.24, 2.45) is 0 Å². The number of hydrogen-bond donors (Lipinski definition) is 1. The Bertz CT molecular complexity index is 1310. The predicted octanol–water partition coefficient (Wildman–Crippen LogP) is 5.97. The smallest absolute Gasteiger partial charge is 0.326 e. The molecule has 1 amide bonds. The van der Waals surface area contributed by atoms with Crippen LogP contribution in [0.5, 0.6) is 11.5 Å². The van der Waals surface area contributed by atoms with Crippen LogP contribution < -0.4 is 9.47 Å². The lowest BCUT2D eigenvalue weighted by Crippen LogP contribution is -2.50. The van der Waals surface area contributed by atoms with Crippen LogP contribution in [0.15, 0.2) is 66.7 Å². The van der Waals surface area contributed by atoms with Crippen LogP contribution in [0.1, 0.15) is 54.0 Å². The Balaban J connectivity index is 1.45. The highest BCUT2D eigenvalue weighted by molar-refractivity contribution is 6.30. The highest BCUT2D eigenvalue weighted by Gasteiger charge is 2.41. The zero-order chi connectivity index (χ0) is 27.4. The van der Waals surface area contributed by atoms with Crippen molar-refractivity contribution in [3.05, 3.63) is 94.0 Å². The molecule has 0 bridgehead atoms. The number of methoxy groups -OCH3 is 1. The SMILES string of the molecule is COc1ccc2c(c1OCc1ccc(Cl)cc1)C[C@@H](C(=O)O)N(C(=O)[C@@H](OC1CCCC1)c1ccccc1)C2. The summed E-state index contributed by atoms with van der Waals surface area (Å²) in [4.78, 5) is 28.0. The number of fused-ring (bicyclic) bond motifs is 1. The molecule has 1 N–H and O–H groups in total. The Hall–Kier alpha value is -3.55. The van der Waals surface area contributed by atoms with Gasteiger partial charge >= 0.3 is 5.97 Å². The minimum absolute atomic E-state index is 0.0170. The van der Waals surface area contributed by atoms with Crippen molar-refractivity contribution >= 4 is 23.5 Å². The molecule has 39 heavy (non-hydrogen) atoms. The highest BCUT2D eigenvalue weighted by Crippen LogP contribution is 2.40. The van der Waals surface area contributed by atoms with Gasteiger partial charge in [0, 0.05) is 23.6 Å². The molecule has 0 unspecified atom stereocenters. The first-order chi connectivity index (χ1) is 18.9. The van der Waals surface area contributed by atoms with Crippen molar-refractivity contribution in [2.45, 2.75) is 63.5 Å². The predicted molar refractivity (Wildman–Crippen MR) is 147 cm³/mol. The summed E-state index contributed by atoms with van der Waals surface area (Å²) in [6.07, 6.45) is 3.14. The average molecular weight is 550 g/mol. The second-order valence-corrected chi connectivity index (χ2v) is 10.4. The normalized spacial score (nSPS) is 17.9. The van der Waals surface area contributed by atoms with E-state index in [0.29, 0.717) is 16.5 Å². The molecule has 2 atom stereocenters. The summed E-state index contributed by atoms with van der Waals surface area (Å²) in [5.74, 6) is -0.415. The van der Waals surface area contributed by atoms with Gasteiger partial charge in [0.2, 0.25) is 0 Å². The minimum Gasteiger partial charge on any atom is -0.493 e. The number of benzene rings is 3. The van der Waals surface area contributed by atoms with Gasteiger partial charge in [-0.25, -0.2) is 4.79 Å². The van der Waals surface area contributed by atoms with E-state index >= 15 is 0 Å². The molecule has 1 fully saturated rings. The summed E-state index contributed by atoms with van der Waals surface area (Å²) >= 11 is 6.01. The number of carbonyl (C=O) groups is 2. The van der Waals surface area contributed by atoms with Crippen LogP contribution in [0.3, 0.4) is 0 Å². The monoisotopic (exact) mass is 549 g/mol. The number of hydrogen-bond acceptors (Lipinski definition) is 5. The third-order valence-electron chi connectivity index (χ3n) is 7.48. The number of aliphatic carboxylic acids is 1. The molecule has 1 aliphatic carbocycles. The lowest BCUT2D eigenvalue weighted by molar-refractivity contribution is -0.160. The van der Waals surface area contributed by atoms with Gasteiger partial charge in [-0.05, 0) is 47.7 Å². The molecule has 1 aliphatic heterocycles. The number of carbonyl (C=O) groups excluding carboxylic acids is 1. The number of nitrogens with zero attached hydrogens (tertiary/aromatic N) is 1. The minimum atomic E-state index is -1.08. The topological polar surface area (TPSA) is 85.3 Å². The van der Waals surface area contributed by atoms with Crippen molar-refractivity contribution in [1.82, 2.24) is 4.90 Å². The number of ether oxygens (including phenoxy) is 3. The van der Waals surface area contributed by atoms with Gasteiger partial charge in [0.1, 0.15) is 12.6 Å². The quantitative estimate of drug-likeness (QED) is 0.354. The van der Waals surface area contributed by atoms with Gasteiger partial charge in [-0.1, -0.05) is 73.0 Å². The second kappa shape index (κ2) is 12.1. The van der Waals surface area contributed by atoms with Gasteiger partial charge < -0.3 is 24.2 Å². The molecule has 8 heteroatoms. The Labute approximate surface area is 233 Å². The molecular formula is C31H32ClNO6. The van der Waals surface area contributed by atoms with E-state index in [1.807, 2.05) is 48.5 Å². The van der Waals surface area contributed by atoms with Gasteiger partial charge in [0.25, 0.3) is 5.91 Å². The van der Waals surface area contributed by atoms with E-state index < -0.39 is 18.1 Å². The van der Waals surface area contributed by atoms with Gasteiger partial charge in [0.05, 0.1) is 13.2 Å².